The summed E-state index contributed by atoms with van der Waals surface area (Å²) in [5, 5.41) is 14.4. The van der Waals surface area contributed by atoms with Gasteiger partial charge in [0.25, 0.3) is 0 Å². The summed E-state index contributed by atoms with van der Waals surface area (Å²) in [7, 11) is 0. The van der Waals surface area contributed by atoms with E-state index < -0.39 is 0 Å². The first-order valence-electron chi connectivity index (χ1n) is 7.71. The maximum atomic E-state index is 12.5. The van der Waals surface area contributed by atoms with E-state index in [4.69, 9.17) is 4.84 Å². The number of rotatable bonds is 6. The Morgan fingerprint density at radius 1 is 1.45 bits per heavy atom. The molecule has 0 bridgehead atoms. The van der Waals surface area contributed by atoms with Gasteiger partial charge in [-0.2, -0.15) is 0 Å². The molecule has 1 aliphatic carbocycles. The second-order valence-corrected chi connectivity index (χ2v) is 5.34. The lowest BCUT2D eigenvalue weighted by atomic mass is 9.81. The molecule has 118 valence electrons. The van der Waals surface area contributed by atoms with E-state index in [1.54, 1.807) is 12.4 Å². The van der Waals surface area contributed by atoms with Crippen LogP contribution in [0, 0.1) is 0 Å². The first-order chi connectivity index (χ1) is 10.7. The molecule has 1 aliphatic rings. The smallest absolute Gasteiger partial charge is 0.168 e. The van der Waals surface area contributed by atoms with Gasteiger partial charge in [0.15, 0.2) is 5.78 Å². The molecule has 1 aromatic heterocycles. The molecule has 0 spiro atoms. The highest BCUT2D eigenvalue weighted by Crippen LogP contribution is 2.34. The molecule has 0 aromatic carbocycles. The number of allylic oxidation sites excluding steroid dienone is 2. The number of ketones is 1. The van der Waals surface area contributed by atoms with Crippen LogP contribution in [-0.4, -0.2) is 28.2 Å². The maximum Gasteiger partial charge on any atom is 0.168 e. The normalized spacial score (nSPS) is 19.5. The number of pyridine rings is 1. The molecule has 1 N–H and O–H groups in total. The highest BCUT2D eigenvalue weighted by atomic mass is 16.6. The highest BCUT2D eigenvalue weighted by molar-refractivity contribution is 6.23. The first kappa shape index (κ1) is 16.2. The molecule has 1 heterocycles. The van der Waals surface area contributed by atoms with Crippen molar-refractivity contribution in [2.24, 2.45) is 5.16 Å². The molecule has 0 radical (unpaired) electrons. The molecule has 1 atom stereocenters. The molecule has 0 aliphatic heterocycles. The number of aliphatic hydroxyl groups excluding tert-OH is 1. The third kappa shape index (κ3) is 3.72. The summed E-state index contributed by atoms with van der Waals surface area (Å²) in [6.07, 6.45) is 5.69. The molecule has 0 fully saturated rings. The van der Waals surface area contributed by atoms with E-state index in [9.17, 15) is 9.90 Å². The van der Waals surface area contributed by atoms with Crippen LogP contribution < -0.4 is 0 Å². The zero-order valence-corrected chi connectivity index (χ0v) is 13.1. The second kappa shape index (κ2) is 7.73. The Bertz CT molecular complexity index is 579. The van der Waals surface area contributed by atoms with Crippen molar-refractivity contribution in [3.8, 4) is 0 Å². The van der Waals surface area contributed by atoms with Gasteiger partial charge < -0.3 is 9.94 Å². The SMILES string of the molecule is CCCC(=NOCC)C1=C(O)CC(c2cccnc2)CC1=O. The lowest BCUT2D eigenvalue weighted by molar-refractivity contribution is -0.116. The van der Waals surface area contributed by atoms with Crippen LogP contribution in [0.2, 0.25) is 0 Å². The van der Waals surface area contributed by atoms with Crippen molar-refractivity contribution in [1.82, 2.24) is 4.98 Å². The Labute approximate surface area is 130 Å². The van der Waals surface area contributed by atoms with E-state index in [2.05, 4.69) is 10.1 Å². The van der Waals surface area contributed by atoms with E-state index in [0.29, 0.717) is 37.2 Å². The summed E-state index contributed by atoms with van der Waals surface area (Å²) in [6, 6.07) is 3.78. The maximum absolute atomic E-state index is 12.5. The Balaban J connectivity index is 2.27. The van der Waals surface area contributed by atoms with Crippen LogP contribution in [0.25, 0.3) is 0 Å². The molecule has 1 aromatic rings. The predicted molar refractivity (Wildman–Crippen MR) is 84.8 cm³/mol. The Hall–Kier alpha value is -2.17. The molecule has 22 heavy (non-hydrogen) atoms. The summed E-state index contributed by atoms with van der Waals surface area (Å²) >= 11 is 0. The van der Waals surface area contributed by atoms with Crippen molar-refractivity contribution in [1.29, 1.82) is 0 Å². The number of aromatic nitrogens is 1. The van der Waals surface area contributed by atoms with Gasteiger partial charge in [-0.1, -0.05) is 24.6 Å². The van der Waals surface area contributed by atoms with Crippen molar-refractivity contribution in [2.45, 2.75) is 45.4 Å². The number of aliphatic hydroxyl groups is 1. The molecule has 2 rings (SSSR count). The molecule has 0 amide bonds. The number of carbonyl (C=O) groups excluding carboxylic acids is 1. The summed E-state index contributed by atoms with van der Waals surface area (Å²) in [5.74, 6) is 0.00133. The van der Waals surface area contributed by atoms with E-state index in [1.165, 1.54) is 0 Å². The Morgan fingerprint density at radius 3 is 2.86 bits per heavy atom. The van der Waals surface area contributed by atoms with Gasteiger partial charge in [0.2, 0.25) is 0 Å². The van der Waals surface area contributed by atoms with Crippen molar-refractivity contribution in [2.75, 3.05) is 6.61 Å². The molecule has 5 nitrogen and oxygen atoms in total. The number of nitrogens with zero attached hydrogens (tertiary/aromatic N) is 2. The molecular weight excluding hydrogens is 280 g/mol. The molecule has 1 unspecified atom stereocenters. The van der Waals surface area contributed by atoms with Gasteiger partial charge in [0.1, 0.15) is 12.4 Å². The largest absolute Gasteiger partial charge is 0.511 e. The molecule has 5 heteroatoms. The van der Waals surface area contributed by atoms with Gasteiger partial charge in [0.05, 0.1) is 11.3 Å². The minimum Gasteiger partial charge on any atom is -0.511 e. The number of oxime groups is 1. The van der Waals surface area contributed by atoms with Gasteiger partial charge in [-0.15, -0.1) is 0 Å². The van der Waals surface area contributed by atoms with Crippen LogP contribution in [0.15, 0.2) is 41.0 Å². The zero-order chi connectivity index (χ0) is 15.9. The lowest BCUT2D eigenvalue weighted by Crippen LogP contribution is -2.24. The Kier molecular flexibility index (Phi) is 5.69. The number of hydrogen-bond donors (Lipinski definition) is 1. The van der Waals surface area contributed by atoms with E-state index in [-0.39, 0.29) is 17.5 Å². The summed E-state index contributed by atoms with van der Waals surface area (Å²) in [4.78, 5) is 21.7. The quantitative estimate of drug-likeness (QED) is 0.644. The average molecular weight is 302 g/mol. The van der Waals surface area contributed by atoms with Crippen molar-refractivity contribution in [3.05, 3.63) is 41.4 Å². The van der Waals surface area contributed by atoms with Crippen LogP contribution in [-0.2, 0) is 9.63 Å². The minimum absolute atomic E-state index is 0.0279. The van der Waals surface area contributed by atoms with Crippen LogP contribution >= 0.6 is 0 Å². The van der Waals surface area contributed by atoms with Crippen molar-refractivity contribution in [3.63, 3.8) is 0 Å². The third-order valence-corrected chi connectivity index (χ3v) is 3.67. The molecular formula is C17H22N2O3. The fourth-order valence-electron chi connectivity index (χ4n) is 2.67. The van der Waals surface area contributed by atoms with Gasteiger partial charge in [0, 0.05) is 25.2 Å². The second-order valence-electron chi connectivity index (χ2n) is 5.34. The standard InChI is InChI=1S/C17H22N2O3/c1-3-6-14(19-22-4-2)17-15(20)9-13(10-16(17)21)12-7-5-8-18-11-12/h5,7-8,11,13,20H,3-4,6,9-10H2,1-2H3. The van der Waals surface area contributed by atoms with E-state index in [1.807, 2.05) is 26.0 Å². The van der Waals surface area contributed by atoms with Gasteiger partial charge in [-0.05, 0) is 30.9 Å². The van der Waals surface area contributed by atoms with Crippen LogP contribution in [0.1, 0.15) is 51.0 Å². The van der Waals surface area contributed by atoms with Gasteiger partial charge >= 0.3 is 0 Å². The summed E-state index contributed by atoms with van der Waals surface area (Å²) in [5.41, 5.74) is 1.87. The van der Waals surface area contributed by atoms with Crippen LogP contribution in [0.4, 0.5) is 0 Å². The number of carbonyl (C=O) groups is 1. The van der Waals surface area contributed by atoms with Crippen molar-refractivity contribution >= 4 is 11.5 Å². The number of hydrogen-bond acceptors (Lipinski definition) is 5. The fourth-order valence-corrected chi connectivity index (χ4v) is 2.67. The topological polar surface area (TPSA) is 71.8 Å². The predicted octanol–water partition coefficient (Wildman–Crippen LogP) is 3.53. The monoisotopic (exact) mass is 302 g/mol. The number of Topliss-reactive ketones (excluding diaryl/α,β-unsaturated/α-hetero) is 1. The Morgan fingerprint density at radius 2 is 2.27 bits per heavy atom. The lowest BCUT2D eigenvalue weighted by Gasteiger charge is -2.24. The minimum atomic E-state index is -0.0792. The third-order valence-electron chi connectivity index (χ3n) is 3.67. The van der Waals surface area contributed by atoms with Crippen molar-refractivity contribution < 1.29 is 14.7 Å². The van der Waals surface area contributed by atoms with Crippen LogP contribution in [0.3, 0.4) is 0 Å². The van der Waals surface area contributed by atoms with E-state index in [0.717, 1.165) is 12.0 Å². The van der Waals surface area contributed by atoms with Crippen LogP contribution in [0.5, 0.6) is 0 Å². The first-order valence-corrected chi connectivity index (χ1v) is 7.71. The summed E-state index contributed by atoms with van der Waals surface area (Å²) < 4.78 is 0. The van der Waals surface area contributed by atoms with Gasteiger partial charge in [-0.25, -0.2) is 0 Å². The summed E-state index contributed by atoms with van der Waals surface area (Å²) in [6.45, 7) is 4.28. The highest BCUT2D eigenvalue weighted by Gasteiger charge is 2.31. The molecule has 0 saturated heterocycles. The zero-order valence-electron chi connectivity index (χ0n) is 13.1. The van der Waals surface area contributed by atoms with Gasteiger partial charge in [-0.3, -0.25) is 9.78 Å². The average Bonchev–Trinajstić information content (AvgIpc) is 2.52. The fraction of sp³-hybridized carbons (Fsp3) is 0.471. The molecule has 0 saturated carbocycles. The van der Waals surface area contributed by atoms with E-state index >= 15 is 0 Å².